The molecular weight excluding hydrogens is 427 g/mol. The first-order valence-electron chi connectivity index (χ1n) is 9.91. The largest absolute Gasteiger partial charge is 0.412 e. The van der Waals surface area contributed by atoms with E-state index in [2.05, 4.69) is 15.6 Å². The van der Waals surface area contributed by atoms with Gasteiger partial charge < -0.3 is 10.6 Å². The number of carbonyl (C=O) groups excluding carboxylic acids is 2. The van der Waals surface area contributed by atoms with Crippen molar-refractivity contribution in [1.29, 1.82) is 0 Å². The van der Waals surface area contributed by atoms with E-state index in [1.54, 1.807) is 11.8 Å². The summed E-state index contributed by atoms with van der Waals surface area (Å²) in [5.74, 6) is -0.825. The molecule has 1 aromatic heterocycles. The molecule has 1 saturated heterocycles. The maximum absolute atomic E-state index is 13.5. The molecule has 9 heteroatoms. The van der Waals surface area contributed by atoms with Gasteiger partial charge in [-0.25, -0.2) is 0 Å². The lowest BCUT2D eigenvalue weighted by Crippen LogP contribution is -2.45. The summed E-state index contributed by atoms with van der Waals surface area (Å²) in [5.41, 5.74) is 0.238. The number of nitrogens with one attached hydrogen (secondary N) is 2. The Hall–Kier alpha value is -2.55. The molecule has 3 rings (SSSR count). The number of thioether (sulfide) groups is 1. The highest BCUT2D eigenvalue weighted by Gasteiger charge is 2.43. The molecule has 31 heavy (non-hydrogen) atoms. The van der Waals surface area contributed by atoms with E-state index in [9.17, 15) is 22.8 Å². The van der Waals surface area contributed by atoms with E-state index in [1.807, 2.05) is 30.5 Å². The zero-order valence-electron chi connectivity index (χ0n) is 17.0. The highest BCUT2D eigenvalue weighted by molar-refractivity contribution is 7.98. The molecule has 0 aliphatic carbocycles. The summed E-state index contributed by atoms with van der Waals surface area (Å²) < 4.78 is 40.4. The van der Waals surface area contributed by atoms with Crippen molar-refractivity contribution in [2.24, 2.45) is 0 Å². The molecule has 0 spiro atoms. The maximum Gasteiger partial charge on any atom is 0.412 e. The fraction of sp³-hybridized carbons (Fsp3) is 0.409. The number of amides is 2. The second-order valence-electron chi connectivity index (χ2n) is 7.68. The van der Waals surface area contributed by atoms with Gasteiger partial charge in [0.1, 0.15) is 0 Å². The van der Waals surface area contributed by atoms with E-state index in [0.29, 0.717) is 19.3 Å². The predicted molar refractivity (Wildman–Crippen MR) is 112 cm³/mol. The molecule has 166 valence electrons. The first-order valence-corrected chi connectivity index (χ1v) is 11.1. The smallest absolute Gasteiger partial charge is 0.350 e. The van der Waals surface area contributed by atoms with Gasteiger partial charge in [0.25, 0.3) is 0 Å². The van der Waals surface area contributed by atoms with Crippen molar-refractivity contribution in [3.8, 4) is 0 Å². The van der Waals surface area contributed by atoms with Crippen LogP contribution < -0.4 is 10.6 Å². The van der Waals surface area contributed by atoms with Crippen LogP contribution in [0.3, 0.4) is 0 Å². The van der Waals surface area contributed by atoms with Crippen LogP contribution >= 0.6 is 11.8 Å². The SMILES string of the molecule is CSc1ccc(CC2(CCC(=O)NC(c3cccnc3)C(F)(F)F)CCC(=O)N2)cc1. The summed E-state index contributed by atoms with van der Waals surface area (Å²) in [6.07, 6.45) is 1.32. The number of carbonyl (C=O) groups is 2. The van der Waals surface area contributed by atoms with Crippen LogP contribution in [-0.4, -0.2) is 34.8 Å². The van der Waals surface area contributed by atoms with E-state index in [1.165, 1.54) is 18.3 Å². The van der Waals surface area contributed by atoms with Gasteiger partial charge in [-0.3, -0.25) is 14.6 Å². The fourth-order valence-corrected chi connectivity index (χ4v) is 4.21. The van der Waals surface area contributed by atoms with Gasteiger partial charge in [-0.15, -0.1) is 11.8 Å². The molecule has 1 fully saturated rings. The van der Waals surface area contributed by atoms with Gasteiger partial charge in [0.05, 0.1) is 0 Å². The first kappa shape index (κ1) is 23.1. The highest BCUT2D eigenvalue weighted by atomic mass is 32.2. The van der Waals surface area contributed by atoms with Crippen molar-refractivity contribution in [3.63, 3.8) is 0 Å². The van der Waals surface area contributed by atoms with Crippen LogP contribution in [-0.2, 0) is 16.0 Å². The molecule has 2 atom stereocenters. The Bertz CT molecular complexity index is 906. The van der Waals surface area contributed by atoms with Crippen molar-refractivity contribution in [1.82, 2.24) is 15.6 Å². The van der Waals surface area contributed by atoms with Crippen molar-refractivity contribution in [2.45, 2.75) is 54.8 Å². The molecule has 0 radical (unpaired) electrons. The Kier molecular flexibility index (Phi) is 7.25. The number of rotatable bonds is 8. The zero-order chi connectivity index (χ0) is 22.5. The van der Waals surface area contributed by atoms with Crippen molar-refractivity contribution >= 4 is 23.6 Å². The number of alkyl halides is 3. The lowest BCUT2D eigenvalue weighted by atomic mass is 9.85. The molecule has 2 N–H and O–H groups in total. The molecule has 1 aliphatic rings. The fourth-order valence-electron chi connectivity index (χ4n) is 3.80. The Morgan fingerprint density at radius 1 is 1.29 bits per heavy atom. The minimum atomic E-state index is -4.64. The Balaban J connectivity index is 1.68. The van der Waals surface area contributed by atoms with Gasteiger partial charge in [0.15, 0.2) is 6.04 Å². The number of aromatic nitrogens is 1. The minimum Gasteiger partial charge on any atom is -0.350 e. The van der Waals surface area contributed by atoms with Gasteiger partial charge in [0, 0.05) is 41.2 Å². The molecule has 1 aliphatic heterocycles. The zero-order valence-corrected chi connectivity index (χ0v) is 17.9. The summed E-state index contributed by atoms with van der Waals surface area (Å²) >= 11 is 1.62. The second kappa shape index (κ2) is 9.72. The first-order chi connectivity index (χ1) is 14.7. The summed E-state index contributed by atoms with van der Waals surface area (Å²) in [4.78, 5) is 29.2. The third-order valence-electron chi connectivity index (χ3n) is 5.42. The van der Waals surface area contributed by atoms with Crippen LogP contribution in [0.5, 0.6) is 0 Å². The molecule has 2 aromatic rings. The lowest BCUT2D eigenvalue weighted by Gasteiger charge is -2.30. The van der Waals surface area contributed by atoms with E-state index in [-0.39, 0.29) is 24.3 Å². The van der Waals surface area contributed by atoms with E-state index < -0.39 is 23.7 Å². The van der Waals surface area contributed by atoms with E-state index in [0.717, 1.165) is 16.7 Å². The van der Waals surface area contributed by atoms with Gasteiger partial charge in [0.2, 0.25) is 11.8 Å². The van der Waals surface area contributed by atoms with Gasteiger partial charge >= 0.3 is 6.18 Å². The second-order valence-corrected chi connectivity index (χ2v) is 8.56. The summed E-state index contributed by atoms with van der Waals surface area (Å²) in [6, 6.07) is 8.47. The standard InChI is InChI=1S/C22H24F3N3O2S/c1-31-17-6-4-15(5-7-17)13-21(11-9-19(30)28-21)10-8-18(29)27-20(22(23,24)25)16-3-2-12-26-14-16/h2-7,12,14,20H,8-11,13H2,1H3,(H,27,29)(H,28,30). The van der Waals surface area contributed by atoms with Crippen LogP contribution in [0.2, 0.25) is 0 Å². The number of hydrogen-bond donors (Lipinski definition) is 2. The number of nitrogens with zero attached hydrogens (tertiary/aromatic N) is 1. The number of benzene rings is 1. The third-order valence-corrected chi connectivity index (χ3v) is 6.16. The summed E-state index contributed by atoms with van der Waals surface area (Å²) in [5, 5.41) is 5.04. The molecule has 5 nitrogen and oxygen atoms in total. The number of hydrogen-bond acceptors (Lipinski definition) is 4. The van der Waals surface area contributed by atoms with Crippen molar-refractivity contribution in [2.75, 3.05) is 6.26 Å². The summed E-state index contributed by atoms with van der Waals surface area (Å²) in [7, 11) is 0. The normalized spacial score (nSPS) is 19.7. The Labute approximate surface area is 183 Å². The van der Waals surface area contributed by atoms with Gasteiger partial charge in [-0.05, 0) is 49.3 Å². The third kappa shape index (κ3) is 6.22. The van der Waals surface area contributed by atoms with Crippen LogP contribution in [0.25, 0.3) is 0 Å². The monoisotopic (exact) mass is 451 g/mol. The number of pyridine rings is 1. The maximum atomic E-state index is 13.5. The van der Waals surface area contributed by atoms with E-state index in [4.69, 9.17) is 0 Å². The van der Waals surface area contributed by atoms with Crippen molar-refractivity contribution < 1.29 is 22.8 Å². The van der Waals surface area contributed by atoms with Crippen LogP contribution in [0, 0.1) is 0 Å². The molecule has 0 saturated carbocycles. The molecule has 2 heterocycles. The molecule has 0 bridgehead atoms. The quantitative estimate of drug-likeness (QED) is 0.591. The highest BCUT2D eigenvalue weighted by Crippen LogP contribution is 2.33. The average molecular weight is 452 g/mol. The molecule has 2 unspecified atom stereocenters. The van der Waals surface area contributed by atoms with Crippen molar-refractivity contribution in [3.05, 3.63) is 59.9 Å². The molecule has 2 amide bonds. The Morgan fingerprint density at radius 2 is 2.03 bits per heavy atom. The minimum absolute atomic E-state index is 0.107. The predicted octanol–water partition coefficient (Wildman–Crippen LogP) is 4.19. The van der Waals surface area contributed by atoms with Crippen LogP contribution in [0.4, 0.5) is 13.2 Å². The molecule has 1 aromatic carbocycles. The van der Waals surface area contributed by atoms with Gasteiger partial charge in [-0.2, -0.15) is 13.2 Å². The average Bonchev–Trinajstić information content (AvgIpc) is 3.11. The number of halogens is 3. The van der Waals surface area contributed by atoms with E-state index >= 15 is 0 Å². The molecular formula is C22H24F3N3O2S. The summed E-state index contributed by atoms with van der Waals surface area (Å²) in [6.45, 7) is 0. The Morgan fingerprint density at radius 3 is 2.58 bits per heavy atom. The lowest BCUT2D eigenvalue weighted by molar-refractivity contribution is -0.163. The topological polar surface area (TPSA) is 71.1 Å². The van der Waals surface area contributed by atoms with Gasteiger partial charge in [-0.1, -0.05) is 18.2 Å². The van der Waals surface area contributed by atoms with Crippen LogP contribution in [0.1, 0.15) is 42.9 Å². The van der Waals surface area contributed by atoms with Crippen LogP contribution in [0.15, 0.2) is 53.7 Å².